The van der Waals surface area contributed by atoms with Gasteiger partial charge >= 0.3 is 0 Å². The molecule has 0 amide bonds. The Morgan fingerprint density at radius 3 is 2.56 bits per heavy atom. The van der Waals surface area contributed by atoms with Crippen molar-refractivity contribution in [1.82, 2.24) is 10.3 Å². The van der Waals surface area contributed by atoms with E-state index in [2.05, 4.69) is 31.1 Å². The van der Waals surface area contributed by atoms with Gasteiger partial charge in [0.15, 0.2) is 0 Å². The number of hydrogen-bond donors (Lipinski definition) is 2. The summed E-state index contributed by atoms with van der Waals surface area (Å²) in [5, 5.41) is 12.6. The van der Waals surface area contributed by atoms with Crippen LogP contribution in [0.25, 0.3) is 0 Å². The molecule has 1 heterocycles. The van der Waals surface area contributed by atoms with Crippen LogP contribution in [0.1, 0.15) is 32.8 Å². The van der Waals surface area contributed by atoms with E-state index < -0.39 is 0 Å². The Labute approximate surface area is 109 Å². The number of methoxy groups -OCH3 is 1. The molecule has 2 N–H and O–H groups in total. The second-order valence-corrected chi connectivity index (χ2v) is 5.52. The summed E-state index contributed by atoms with van der Waals surface area (Å²) in [5.41, 5.74) is 1.24. The van der Waals surface area contributed by atoms with E-state index in [9.17, 15) is 0 Å². The minimum atomic E-state index is 0.128. The van der Waals surface area contributed by atoms with Crippen molar-refractivity contribution >= 4 is 0 Å². The van der Waals surface area contributed by atoms with Gasteiger partial charge in [-0.05, 0) is 17.4 Å². The Hall–Kier alpha value is -1.13. The molecular weight excluding hydrogens is 228 g/mol. The summed E-state index contributed by atoms with van der Waals surface area (Å²) >= 11 is 0. The van der Waals surface area contributed by atoms with Crippen LogP contribution in [0.15, 0.2) is 18.3 Å². The average Bonchev–Trinajstić information content (AvgIpc) is 2.33. The fourth-order valence-corrected chi connectivity index (χ4v) is 1.85. The molecule has 0 spiro atoms. The highest BCUT2D eigenvalue weighted by Gasteiger charge is 2.23. The number of aromatic nitrogens is 1. The van der Waals surface area contributed by atoms with Crippen molar-refractivity contribution in [3.05, 3.63) is 23.9 Å². The minimum Gasteiger partial charge on any atom is -0.481 e. The molecule has 4 nitrogen and oxygen atoms in total. The lowest BCUT2D eigenvalue weighted by Gasteiger charge is -2.31. The van der Waals surface area contributed by atoms with Crippen molar-refractivity contribution in [1.29, 1.82) is 0 Å². The fraction of sp³-hybridized carbons (Fsp3) is 0.643. The minimum absolute atomic E-state index is 0.128. The van der Waals surface area contributed by atoms with E-state index in [1.54, 1.807) is 7.11 Å². The molecule has 0 aromatic carbocycles. The van der Waals surface area contributed by atoms with E-state index in [0.717, 1.165) is 18.5 Å². The Bertz CT molecular complexity index is 344. The standard InChI is InChI=1S/C14H24N2O2/c1-14(2,3)12(7-8-17)15-9-11-5-6-13(18-4)16-10-11/h5-6,10,12,15,17H,7-9H2,1-4H3. The van der Waals surface area contributed by atoms with Gasteiger partial charge in [0.25, 0.3) is 0 Å². The highest BCUT2D eigenvalue weighted by molar-refractivity contribution is 5.17. The first-order valence-corrected chi connectivity index (χ1v) is 6.30. The topological polar surface area (TPSA) is 54.4 Å². The zero-order valence-corrected chi connectivity index (χ0v) is 11.7. The highest BCUT2D eigenvalue weighted by atomic mass is 16.5. The molecule has 1 aromatic heterocycles. The lowest BCUT2D eigenvalue weighted by Crippen LogP contribution is -2.40. The molecule has 1 aromatic rings. The van der Waals surface area contributed by atoms with Gasteiger partial charge in [0.2, 0.25) is 5.88 Å². The predicted octanol–water partition coefficient (Wildman–Crippen LogP) is 1.98. The maximum atomic E-state index is 9.10. The summed E-state index contributed by atoms with van der Waals surface area (Å²) in [4.78, 5) is 4.17. The molecule has 0 aliphatic heterocycles. The van der Waals surface area contributed by atoms with Gasteiger partial charge in [-0.25, -0.2) is 4.98 Å². The Kier molecular flexibility index (Phi) is 5.56. The maximum Gasteiger partial charge on any atom is 0.212 e. The number of aliphatic hydroxyl groups excluding tert-OH is 1. The smallest absolute Gasteiger partial charge is 0.212 e. The quantitative estimate of drug-likeness (QED) is 0.813. The van der Waals surface area contributed by atoms with Crippen molar-refractivity contribution in [3.8, 4) is 5.88 Å². The van der Waals surface area contributed by atoms with Gasteiger partial charge in [-0.1, -0.05) is 26.8 Å². The van der Waals surface area contributed by atoms with Crippen LogP contribution in [0.5, 0.6) is 5.88 Å². The molecule has 4 heteroatoms. The van der Waals surface area contributed by atoms with Crippen LogP contribution in [0.4, 0.5) is 0 Å². The van der Waals surface area contributed by atoms with Crippen LogP contribution in [0, 0.1) is 5.41 Å². The van der Waals surface area contributed by atoms with E-state index in [0.29, 0.717) is 5.88 Å². The van der Waals surface area contributed by atoms with Gasteiger partial charge in [0.05, 0.1) is 7.11 Å². The first kappa shape index (κ1) is 14.9. The van der Waals surface area contributed by atoms with E-state index >= 15 is 0 Å². The molecule has 0 fully saturated rings. The molecule has 1 atom stereocenters. The third-order valence-electron chi connectivity index (χ3n) is 3.02. The van der Waals surface area contributed by atoms with Gasteiger partial charge in [-0.3, -0.25) is 0 Å². The summed E-state index contributed by atoms with van der Waals surface area (Å²) in [6.45, 7) is 7.47. The van der Waals surface area contributed by atoms with Crippen LogP contribution < -0.4 is 10.1 Å². The lowest BCUT2D eigenvalue weighted by atomic mass is 9.85. The van der Waals surface area contributed by atoms with Crippen LogP contribution in [-0.2, 0) is 6.54 Å². The SMILES string of the molecule is COc1ccc(CNC(CCO)C(C)(C)C)cn1. The first-order valence-electron chi connectivity index (χ1n) is 6.30. The molecular formula is C14H24N2O2. The van der Waals surface area contributed by atoms with Gasteiger partial charge in [-0.2, -0.15) is 0 Å². The van der Waals surface area contributed by atoms with Gasteiger partial charge in [-0.15, -0.1) is 0 Å². The number of hydrogen-bond acceptors (Lipinski definition) is 4. The van der Waals surface area contributed by atoms with E-state index in [1.807, 2.05) is 18.3 Å². The Balaban J connectivity index is 2.55. The summed E-state index contributed by atoms with van der Waals surface area (Å²) in [7, 11) is 1.61. The molecule has 0 bridgehead atoms. The molecule has 0 saturated carbocycles. The predicted molar refractivity (Wildman–Crippen MR) is 72.6 cm³/mol. The second-order valence-electron chi connectivity index (χ2n) is 5.52. The third kappa shape index (κ3) is 4.63. The molecule has 102 valence electrons. The summed E-state index contributed by atoms with van der Waals surface area (Å²) in [5.74, 6) is 0.626. The Morgan fingerprint density at radius 1 is 1.39 bits per heavy atom. The molecule has 0 radical (unpaired) electrons. The normalized spacial score (nSPS) is 13.4. The Morgan fingerprint density at radius 2 is 2.11 bits per heavy atom. The molecule has 0 saturated heterocycles. The number of nitrogens with one attached hydrogen (secondary N) is 1. The maximum absolute atomic E-state index is 9.10. The first-order chi connectivity index (χ1) is 8.47. The van der Waals surface area contributed by atoms with Crippen LogP contribution in [0.3, 0.4) is 0 Å². The van der Waals surface area contributed by atoms with Crippen molar-refractivity contribution in [2.24, 2.45) is 5.41 Å². The molecule has 0 aliphatic rings. The largest absolute Gasteiger partial charge is 0.481 e. The van der Waals surface area contributed by atoms with Crippen molar-refractivity contribution in [3.63, 3.8) is 0 Å². The average molecular weight is 252 g/mol. The summed E-state index contributed by atoms with van der Waals surface area (Å²) < 4.78 is 5.02. The van der Waals surface area contributed by atoms with Crippen LogP contribution in [-0.4, -0.2) is 29.8 Å². The van der Waals surface area contributed by atoms with Crippen LogP contribution >= 0.6 is 0 Å². The van der Waals surface area contributed by atoms with E-state index in [1.165, 1.54) is 0 Å². The van der Waals surface area contributed by atoms with Gasteiger partial charge < -0.3 is 15.2 Å². The zero-order valence-electron chi connectivity index (χ0n) is 11.7. The van der Waals surface area contributed by atoms with Gasteiger partial charge in [0, 0.05) is 31.5 Å². The highest BCUT2D eigenvalue weighted by Crippen LogP contribution is 2.22. The van der Waals surface area contributed by atoms with Crippen molar-refractivity contribution in [2.45, 2.75) is 39.8 Å². The van der Waals surface area contributed by atoms with Crippen molar-refractivity contribution < 1.29 is 9.84 Å². The lowest BCUT2D eigenvalue weighted by molar-refractivity contribution is 0.196. The number of aliphatic hydroxyl groups is 1. The second kappa shape index (κ2) is 6.71. The zero-order chi connectivity index (χ0) is 13.6. The molecule has 1 unspecified atom stereocenters. The molecule has 0 aliphatic carbocycles. The fourth-order valence-electron chi connectivity index (χ4n) is 1.85. The number of rotatable bonds is 6. The van der Waals surface area contributed by atoms with E-state index in [-0.39, 0.29) is 18.1 Å². The van der Waals surface area contributed by atoms with Crippen molar-refractivity contribution in [2.75, 3.05) is 13.7 Å². The molecule has 1 rings (SSSR count). The number of ether oxygens (including phenoxy) is 1. The summed E-state index contributed by atoms with van der Waals surface area (Å²) in [6, 6.07) is 4.14. The monoisotopic (exact) mass is 252 g/mol. The number of pyridine rings is 1. The van der Waals surface area contributed by atoms with Gasteiger partial charge in [0.1, 0.15) is 0 Å². The van der Waals surface area contributed by atoms with E-state index in [4.69, 9.17) is 9.84 Å². The molecule has 18 heavy (non-hydrogen) atoms. The number of nitrogens with zero attached hydrogens (tertiary/aromatic N) is 1. The van der Waals surface area contributed by atoms with Crippen LogP contribution in [0.2, 0.25) is 0 Å². The third-order valence-corrected chi connectivity index (χ3v) is 3.02. The summed E-state index contributed by atoms with van der Waals surface area (Å²) in [6.07, 6.45) is 2.57.